The van der Waals surface area contributed by atoms with E-state index in [-0.39, 0.29) is 11.7 Å². The van der Waals surface area contributed by atoms with Crippen LogP contribution in [0.3, 0.4) is 0 Å². The second-order valence-corrected chi connectivity index (χ2v) is 6.63. The Balaban J connectivity index is 2.32. The van der Waals surface area contributed by atoms with Gasteiger partial charge in [-0.25, -0.2) is 8.42 Å². The van der Waals surface area contributed by atoms with Gasteiger partial charge in [0.05, 0.1) is 5.75 Å². The fourth-order valence-electron chi connectivity index (χ4n) is 2.24. The van der Waals surface area contributed by atoms with Crippen LogP contribution in [-0.4, -0.2) is 26.6 Å². The molecule has 0 fully saturated rings. The molecule has 1 heterocycles. The minimum absolute atomic E-state index is 0.0165. The Morgan fingerprint density at radius 2 is 2.16 bits per heavy atom. The Labute approximate surface area is 113 Å². The lowest BCUT2D eigenvalue weighted by molar-refractivity contribution is -0.116. The monoisotopic (exact) mass is 282 g/mol. The lowest BCUT2D eigenvalue weighted by Crippen LogP contribution is -2.33. The molecule has 0 saturated carbocycles. The highest BCUT2D eigenvalue weighted by molar-refractivity contribution is 7.92. The van der Waals surface area contributed by atoms with Gasteiger partial charge in [-0.05, 0) is 43.5 Å². The Morgan fingerprint density at radius 1 is 1.42 bits per heavy atom. The molecule has 0 saturated heterocycles. The van der Waals surface area contributed by atoms with Gasteiger partial charge in [-0.3, -0.25) is 9.52 Å². The largest absolute Gasteiger partial charge is 0.312 e. The first-order chi connectivity index (χ1) is 8.93. The molecule has 0 aromatic heterocycles. The molecule has 19 heavy (non-hydrogen) atoms. The van der Waals surface area contributed by atoms with Gasteiger partial charge in [0.2, 0.25) is 15.9 Å². The van der Waals surface area contributed by atoms with E-state index in [1.165, 1.54) is 0 Å². The second kappa shape index (κ2) is 5.21. The minimum atomic E-state index is -3.26. The quantitative estimate of drug-likeness (QED) is 0.918. The number of nitrogens with zero attached hydrogens (tertiary/aromatic N) is 1. The van der Waals surface area contributed by atoms with E-state index in [0.29, 0.717) is 5.69 Å². The van der Waals surface area contributed by atoms with Crippen molar-refractivity contribution in [3.05, 3.63) is 23.8 Å². The third kappa shape index (κ3) is 3.07. The Hall–Kier alpha value is -1.56. The predicted octanol–water partition coefficient (Wildman–Crippen LogP) is 1.75. The summed E-state index contributed by atoms with van der Waals surface area (Å²) in [5.74, 6) is 0.0618. The first-order valence-corrected chi connectivity index (χ1v) is 7.99. The molecule has 0 spiro atoms. The van der Waals surface area contributed by atoms with Crippen molar-refractivity contribution in [1.82, 2.24) is 0 Å². The maximum Gasteiger partial charge on any atom is 0.232 e. The zero-order valence-electron chi connectivity index (χ0n) is 11.1. The molecule has 1 N–H and O–H groups in total. The summed E-state index contributed by atoms with van der Waals surface area (Å²) in [6, 6.07) is 5.33. The van der Waals surface area contributed by atoms with Gasteiger partial charge in [0.15, 0.2) is 0 Å². The molecule has 104 valence electrons. The summed E-state index contributed by atoms with van der Waals surface area (Å²) in [5, 5.41) is 0. The molecular formula is C13H18N2O3S. The number of hydrogen-bond acceptors (Lipinski definition) is 3. The highest BCUT2D eigenvalue weighted by Crippen LogP contribution is 2.30. The lowest BCUT2D eigenvalue weighted by Gasteiger charge is -2.29. The highest BCUT2D eigenvalue weighted by Gasteiger charge is 2.20. The van der Waals surface area contributed by atoms with Crippen molar-refractivity contribution in [2.24, 2.45) is 0 Å². The maximum absolute atomic E-state index is 11.5. The summed E-state index contributed by atoms with van der Waals surface area (Å²) in [4.78, 5) is 13.3. The first kappa shape index (κ1) is 13.9. The van der Waals surface area contributed by atoms with Gasteiger partial charge in [0, 0.05) is 24.8 Å². The Morgan fingerprint density at radius 3 is 2.79 bits per heavy atom. The summed E-state index contributed by atoms with van der Waals surface area (Å²) in [5.41, 5.74) is 2.46. The van der Waals surface area contributed by atoms with Crippen molar-refractivity contribution in [2.75, 3.05) is 21.9 Å². The zero-order chi connectivity index (χ0) is 14.0. The standard InChI is InChI=1S/C13H18N2O3S/c1-3-19(17,18)14-12-6-7-13-11(9-12)5-4-8-15(13)10(2)16/h6-7,9,14H,3-5,8H2,1-2H3. The molecule has 0 bridgehead atoms. The van der Waals surface area contributed by atoms with Crippen molar-refractivity contribution < 1.29 is 13.2 Å². The van der Waals surface area contributed by atoms with Gasteiger partial charge < -0.3 is 4.90 Å². The number of amides is 1. The third-order valence-corrected chi connectivity index (χ3v) is 4.54. The number of hydrogen-bond donors (Lipinski definition) is 1. The number of benzene rings is 1. The molecule has 0 aliphatic carbocycles. The van der Waals surface area contributed by atoms with Crippen molar-refractivity contribution >= 4 is 27.3 Å². The third-order valence-electron chi connectivity index (χ3n) is 3.23. The van der Waals surface area contributed by atoms with Crippen LogP contribution in [0.15, 0.2) is 18.2 Å². The minimum Gasteiger partial charge on any atom is -0.312 e. The van der Waals surface area contributed by atoms with Crippen LogP contribution in [0.2, 0.25) is 0 Å². The number of rotatable bonds is 3. The molecule has 5 nitrogen and oxygen atoms in total. The van der Waals surface area contributed by atoms with Gasteiger partial charge in [0.1, 0.15) is 0 Å². The number of anilines is 2. The Kier molecular flexibility index (Phi) is 3.80. The molecule has 1 amide bonds. The number of carbonyl (C=O) groups is 1. The fraction of sp³-hybridized carbons (Fsp3) is 0.462. The molecule has 1 aliphatic rings. The van der Waals surface area contributed by atoms with Gasteiger partial charge in [0.25, 0.3) is 0 Å². The van der Waals surface area contributed by atoms with E-state index in [0.717, 1.165) is 30.6 Å². The van der Waals surface area contributed by atoms with Crippen LogP contribution in [0.25, 0.3) is 0 Å². The second-order valence-electron chi connectivity index (χ2n) is 4.62. The molecule has 0 unspecified atom stereocenters. The summed E-state index contributed by atoms with van der Waals surface area (Å²) in [7, 11) is -3.26. The smallest absolute Gasteiger partial charge is 0.232 e. The summed E-state index contributed by atoms with van der Waals surface area (Å²) in [6.07, 6.45) is 1.76. The summed E-state index contributed by atoms with van der Waals surface area (Å²) in [6.45, 7) is 3.86. The van der Waals surface area contributed by atoms with Crippen LogP contribution in [0, 0.1) is 0 Å². The van der Waals surface area contributed by atoms with Crippen LogP contribution in [0.4, 0.5) is 11.4 Å². The van der Waals surface area contributed by atoms with Crippen LogP contribution < -0.4 is 9.62 Å². The van der Waals surface area contributed by atoms with Crippen molar-refractivity contribution in [3.8, 4) is 0 Å². The number of carbonyl (C=O) groups excluding carboxylic acids is 1. The number of aryl methyl sites for hydroxylation is 1. The van der Waals surface area contributed by atoms with Crippen LogP contribution >= 0.6 is 0 Å². The van der Waals surface area contributed by atoms with E-state index in [9.17, 15) is 13.2 Å². The number of nitrogens with one attached hydrogen (secondary N) is 1. The highest BCUT2D eigenvalue weighted by atomic mass is 32.2. The molecule has 2 rings (SSSR count). The molecule has 6 heteroatoms. The molecule has 1 aromatic rings. The summed E-state index contributed by atoms with van der Waals surface area (Å²) >= 11 is 0. The normalized spacial score (nSPS) is 14.9. The van der Waals surface area contributed by atoms with Crippen LogP contribution in [-0.2, 0) is 21.2 Å². The number of fused-ring (bicyclic) bond motifs is 1. The maximum atomic E-state index is 11.5. The van der Waals surface area contributed by atoms with Crippen molar-refractivity contribution in [1.29, 1.82) is 0 Å². The van der Waals surface area contributed by atoms with Gasteiger partial charge in [-0.1, -0.05) is 0 Å². The van der Waals surface area contributed by atoms with Crippen LogP contribution in [0.5, 0.6) is 0 Å². The summed E-state index contributed by atoms with van der Waals surface area (Å²) < 4.78 is 25.6. The average Bonchev–Trinajstić information content (AvgIpc) is 2.37. The molecule has 1 aromatic carbocycles. The molecule has 0 atom stereocenters. The first-order valence-electron chi connectivity index (χ1n) is 6.34. The average molecular weight is 282 g/mol. The van der Waals surface area contributed by atoms with Gasteiger partial charge >= 0.3 is 0 Å². The zero-order valence-corrected chi connectivity index (χ0v) is 12.0. The molecule has 1 aliphatic heterocycles. The van der Waals surface area contributed by atoms with E-state index in [2.05, 4.69) is 4.72 Å². The SMILES string of the molecule is CCS(=O)(=O)Nc1ccc2c(c1)CCCN2C(C)=O. The lowest BCUT2D eigenvalue weighted by atomic mass is 10.0. The topological polar surface area (TPSA) is 66.5 Å². The van der Waals surface area contributed by atoms with Gasteiger partial charge in [-0.15, -0.1) is 0 Å². The van der Waals surface area contributed by atoms with E-state index in [1.807, 2.05) is 12.1 Å². The van der Waals surface area contributed by atoms with Crippen LogP contribution in [0.1, 0.15) is 25.8 Å². The molecular weight excluding hydrogens is 264 g/mol. The van der Waals surface area contributed by atoms with E-state index in [1.54, 1.807) is 24.8 Å². The predicted molar refractivity (Wildman–Crippen MR) is 75.9 cm³/mol. The van der Waals surface area contributed by atoms with Crippen molar-refractivity contribution in [3.63, 3.8) is 0 Å². The van der Waals surface area contributed by atoms with E-state index < -0.39 is 10.0 Å². The van der Waals surface area contributed by atoms with Crippen molar-refractivity contribution in [2.45, 2.75) is 26.7 Å². The molecule has 0 radical (unpaired) electrons. The Bertz CT molecular complexity index is 596. The van der Waals surface area contributed by atoms with Gasteiger partial charge in [-0.2, -0.15) is 0 Å². The van der Waals surface area contributed by atoms with E-state index in [4.69, 9.17) is 0 Å². The van der Waals surface area contributed by atoms with E-state index >= 15 is 0 Å². The fourth-order valence-corrected chi connectivity index (χ4v) is 2.87. The number of sulfonamides is 1.